The van der Waals surface area contributed by atoms with Crippen molar-refractivity contribution in [3.8, 4) is 17.2 Å². The fourth-order valence-corrected chi connectivity index (χ4v) is 2.20. The molecule has 0 spiro atoms. The molecule has 0 atom stereocenters. The van der Waals surface area contributed by atoms with Crippen LogP contribution in [0.3, 0.4) is 0 Å². The second kappa shape index (κ2) is 6.48. The lowest BCUT2D eigenvalue weighted by Crippen LogP contribution is -2.28. The Labute approximate surface area is 133 Å². The van der Waals surface area contributed by atoms with E-state index >= 15 is 0 Å². The van der Waals surface area contributed by atoms with Gasteiger partial charge in [-0.05, 0) is 42.0 Å². The largest absolute Gasteiger partial charge is 0.493 e. The van der Waals surface area contributed by atoms with Crippen molar-refractivity contribution in [2.75, 3.05) is 19.2 Å². The Hall–Kier alpha value is -2.54. The summed E-state index contributed by atoms with van der Waals surface area (Å²) < 4.78 is 15.8. The van der Waals surface area contributed by atoms with Crippen LogP contribution in [0.1, 0.15) is 5.56 Å². The van der Waals surface area contributed by atoms with Crippen molar-refractivity contribution >= 4 is 23.1 Å². The monoisotopic (exact) mass is 317 g/mol. The molecule has 6 nitrogen and oxygen atoms in total. The van der Waals surface area contributed by atoms with Crippen molar-refractivity contribution in [1.29, 1.82) is 0 Å². The zero-order valence-corrected chi connectivity index (χ0v) is 12.8. The molecule has 0 saturated heterocycles. The summed E-state index contributed by atoms with van der Waals surface area (Å²) in [5.41, 5.74) is 1.04. The number of rotatable bonds is 4. The third kappa shape index (κ3) is 3.20. The zero-order valence-electron chi connectivity index (χ0n) is 12.0. The Bertz CT molecular complexity index is 693. The van der Waals surface area contributed by atoms with Gasteiger partial charge in [-0.2, -0.15) is 0 Å². The first kappa shape index (κ1) is 14.4. The van der Waals surface area contributed by atoms with Gasteiger partial charge in [-0.15, -0.1) is 0 Å². The summed E-state index contributed by atoms with van der Waals surface area (Å²) >= 11 is 5.27. The van der Waals surface area contributed by atoms with Crippen molar-refractivity contribution in [1.82, 2.24) is 10.3 Å². The maximum absolute atomic E-state index is 5.35. The molecule has 1 aliphatic rings. The number of aromatic nitrogens is 1. The van der Waals surface area contributed by atoms with Crippen LogP contribution in [-0.2, 0) is 6.54 Å². The molecule has 22 heavy (non-hydrogen) atoms. The topological polar surface area (TPSA) is 64.6 Å². The van der Waals surface area contributed by atoms with E-state index in [1.165, 1.54) is 0 Å². The lowest BCUT2D eigenvalue weighted by Gasteiger charge is -2.12. The highest BCUT2D eigenvalue weighted by Gasteiger charge is 2.13. The molecule has 7 heteroatoms. The molecule has 1 aromatic carbocycles. The minimum Gasteiger partial charge on any atom is -0.493 e. The second-order valence-electron chi connectivity index (χ2n) is 4.55. The van der Waals surface area contributed by atoms with Crippen molar-refractivity contribution in [3.63, 3.8) is 0 Å². The maximum Gasteiger partial charge on any atom is 0.231 e. The molecule has 1 aliphatic heterocycles. The van der Waals surface area contributed by atoms with Crippen LogP contribution < -0.4 is 24.8 Å². The molecular weight excluding hydrogens is 302 g/mol. The van der Waals surface area contributed by atoms with E-state index in [1.807, 2.05) is 24.3 Å². The van der Waals surface area contributed by atoms with Crippen molar-refractivity contribution in [2.24, 2.45) is 0 Å². The lowest BCUT2D eigenvalue weighted by atomic mass is 10.2. The number of hydrogen-bond donors (Lipinski definition) is 2. The van der Waals surface area contributed by atoms with E-state index in [-0.39, 0.29) is 6.79 Å². The smallest absolute Gasteiger partial charge is 0.231 e. The van der Waals surface area contributed by atoms with Crippen LogP contribution in [-0.4, -0.2) is 24.0 Å². The second-order valence-corrected chi connectivity index (χ2v) is 4.96. The number of pyridine rings is 1. The van der Waals surface area contributed by atoms with Gasteiger partial charge in [0.05, 0.1) is 7.11 Å². The summed E-state index contributed by atoms with van der Waals surface area (Å²) in [7, 11) is 1.59. The van der Waals surface area contributed by atoms with Gasteiger partial charge in [-0.1, -0.05) is 6.07 Å². The van der Waals surface area contributed by atoms with E-state index < -0.39 is 0 Å². The van der Waals surface area contributed by atoms with Gasteiger partial charge in [0, 0.05) is 12.7 Å². The fraction of sp³-hybridized carbons (Fsp3) is 0.200. The highest BCUT2D eigenvalue weighted by atomic mass is 32.1. The zero-order chi connectivity index (χ0) is 15.4. The molecule has 0 radical (unpaired) electrons. The first-order valence-corrected chi connectivity index (χ1v) is 7.09. The number of methoxy groups -OCH3 is 1. The Kier molecular flexibility index (Phi) is 4.24. The van der Waals surface area contributed by atoms with Crippen LogP contribution in [0.5, 0.6) is 17.2 Å². The third-order valence-corrected chi connectivity index (χ3v) is 3.36. The number of benzene rings is 1. The Morgan fingerprint density at radius 2 is 2.18 bits per heavy atom. The van der Waals surface area contributed by atoms with Gasteiger partial charge in [-0.25, -0.2) is 4.98 Å². The van der Waals surface area contributed by atoms with E-state index in [4.69, 9.17) is 26.4 Å². The van der Waals surface area contributed by atoms with Crippen LogP contribution in [0.2, 0.25) is 0 Å². The average molecular weight is 317 g/mol. The number of anilines is 1. The van der Waals surface area contributed by atoms with E-state index in [9.17, 15) is 0 Å². The summed E-state index contributed by atoms with van der Waals surface area (Å²) in [5, 5.41) is 6.60. The summed E-state index contributed by atoms with van der Waals surface area (Å²) in [6.45, 7) is 0.837. The lowest BCUT2D eigenvalue weighted by molar-refractivity contribution is 0.174. The maximum atomic E-state index is 5.35. The minimum absolute atomic E-state index is 0.269. The number of nitrogens with one attached hydrogen (secondary N) is 2. The van der Waals surface area contributed by atoms with E-state index in [2.05, 4.69) is 15.6 Å². The molecule has 2 N–H and O–H groups in total. The van der Waals surface area contributed by atoms with E-state index in [1.54, 1.807) is 19.4 Å². The molecular formula is C15H15N3O3S. The summed E-state index contributed by atoms with van der Waals surface area (Å²) in [5.74, 6) is 2.73. The van der Waals surface area contributed by atoms with Crippen LogP contribution in [0.25, 0.3) is 0 Å². The van der Waals surface area contributed by atoms with Crippen molar-refractivity contribution < 1.29 is 14.2 Å². The van der Waals surface area contributed by atoms with Gasteiger partial charge < -0.3 is 24.8 Å². The average Bonchev–Trinajstić information content (AvgIpc) is 3.01. The number of nitrogens with zero attached hydrogens (tertiary/aromatic N) is 1. The Morgan fingerprint density at radius 1 is 1.32 bits per heavy atom. The molecule has 0 unspecified atom stereocenters. The number of fused-ring (bicyclic) bond motifs is 1. The fourth-order valence-electron chi connectivity index (χ4n) is 2.03. The third-order valence-electron chi connectivity index (χ3n) is 3.11. The van der Waals surface area contributed by atoms with Crippen molar-refractivity contribution in [2.45, 2.75) is 6.54 Å². The van der Waals surface area contributed by atoms with E-state index in [0.717, 1.165) is 17.1 Å². The molecule has 2 aromatic rings. The van der Waals surface area contributed by atoms with Crippen LogP contribution in [0.15, 0.2) is 36.5 Å². The van der Waals surface area contributed by atoms with Crippen LogP contribution >= 0.6 is 12.2 Å². The van der Waals surface area contributed by atoms with Gasteiger partial charge in [-0.3, -0.25) is 0 Å². The highest BCUT2D eigenvalue weighted by Crippen LogP contribution is 2.32. The molecule has 1 aromatic heterocycles. The van der Waals surface area contributed by atoms with Crippen LogP contribution in [0, 0.1) is 0 Å². The van der Waals surface area contributed by atoms with Gasteiger partial charge in [0.25, 0.3) is 0 Å². The molecule has 2 heterocycles. The summed E-state index contributed by atoms with van der Waals surface area (Å²) in [6.07, 6.45) is 1.67. The SMILES string of the molecule is COc1cccnc1NC(=S)NCc1ccc2c(c1)OCO2. The predicted octanol–water partition coefficient (Wildman–Crippen LogP) is 2.31. The minimum atomic E-state index is 0.269. The first-order chi connectivity index (χ1) is 10.8. The van der Waals surface area contributed by atoms with Gasteiger partial charge in [0.2, 0.25) is 6.79 Å². The Balaban J connectivity index is 1.58. The van der Waals surface area contributed by atoms with Crippen molar-refractivity contribution in [3.05, 3.63) is 42.1 Å². The molecule has 0 aliphatic carbocycles. The number of ether oxygens (including phenoxy) is 3. The Morgan fingerprint density at radius 3 is 3.05 bits per heavy atom. The quantitative estimate of drug-likeness (QED) is 0.839. The number of hydrogen-bond acceptors (Lipinski definition) is 5. The molecule has 0 amide bonds. The highest BCUT2D eigenvalue weighted by molar-refractivity contribution is 7.80. The van der Waals surface area contributed by atoms with Gasteiger partial charge >= 0.3 is 0 Å². The predicted molar refractivity (Wildman–Crippen MR) is 86.4 cm³/mol. The standard InChI is InChI=1S/C15H15N3O3S/c1-19-12-3-2-6-16-14(12)18-15(22)17-8-10-4-5-11-13(7-10)21-9-20-11/h2-7H,8-9H2,1H3,(H2,16,17,18,22). The molecule has 0 bridgehead atoms. The normalized spacial score (nSPS) is 11.9. The van der Waals surface area contributed by atoms with Gasteiger partial charge in [0.15, 0.2) is 28.2 Å². The summed E-state index contributed by atoms with van der Waals surface area (Å²) in [4.78, 5) is 4.19. The molecule has 3 rings (SSSR count). The molecule has 0 saturated carbocycles. The first-order valence-electron chi connectivity index (χ1n) is 6.68. The van der Waals surface area contributed by atoms with Crippen LogP contribution in [0.4, 0.5) is 5.82 Å². The van der Waals surface area contributed by atoms with E-state index in [0.29, 0.717) is 23.2 Å². The van der Waals surface area contributed by atoms with Gasteiger partial charge in [0.1, 0.15) is 0 Å². The molecule has 0 fully saturated rings. The summed E-state index contributed by atoms with van der Waals surface area (Å²) in [6, 6.07) is 9.39. The molecule has 114 valence electrons. The number of thiocarbonyl (C=S) groups is 1.